The Morgan fingerprint density at radius 1 is 0.865 bits per heavy atom. The van der Waals surface area contributed by atoms with Crippen LogP contribution in [-0.4, -0.2) is 27.9 Å². The standard InChI is InChI=1S/C24H14ClF6N3O2S/c25-11-1-5-13(6-2-11)32-17(35)9-16-23(36)34(14-7-3-12(26)4-8-14)24(37)33(16)10-15-18(27)20(29)22(31)21(30)19(15)28/h1-8,16H,9-10H2,(H,32,35). The van der Waals surface area contributed by atoms with Gasteiger partial charge in [0.2, 0.25) is 11.7 Å². The Kier molecular flexibility index (Phi) is 7.42. The number of thiocarbonyl (C=S) groups is 1. The van der Waals surface area contributed by atoms with Gasteiger partial charge in [-0.05, 0) is 60.7 Å². The van der Waals surface area contributed by atoms with Crippen molar-refractivity contribution in [1.29, 1.82) is 0 Å². The Balaban J connectivity index is 1.70. The van der Waals surface area contributed by atoms with E-state index in [1.165, 1.54) is 36.4 Å². The van der Waals surface area contributed by atoms with Crippen LogP contribution in [0, 0.1) is 34.9 Å². The number of amides is 2. The monoisotopic (exact) mass is 557 g/mol. The highest BCUT2D eigenvalue weighted by molar-refractivity contribution is 7.80. The summed E-state index contributed by atoms with van der Waals surface area (Å²) in [6.45, 7) is -1.02. The van der Waals surface area contributed by atoms with Gasteiger partial charge >= 0.3 is 0 Å². The smallest absolute Gasteiger partial charge is 0.256 e. The molecule has 37 heavy (non-hydrogen) atoms. The van der Waals surface area contributed by atoms with E-state index in [4.69, 9.17) is 23.8 Å². The van der Waals surface area contributed by atoms with Gasteiger partial charge in [-0.25, -0.2) is 26.3 Å². The summed E-state index contributed by atoms with van der Waals surface area (Å²) in [7, 11) is 0. The lowest BCUT2D eigenvalue weighted by Crippen LogP contribution is -2.38. The van der Waals surface area contributed by atoms with Crippen LogP contribution in [-0.2, 0) is 16.1 Å². The molecule has 1 aliphatic heterocycles. The van der Waals surface area contributed by atoms with Gasteiger partial charge in [0.15, 0.2) is 28.4 Å². The molecule has 13 heteroatoms. The van der Waals surface area contributed by atoms with Crippen LogP contribution < -0.4 is 10.2 Å². The molecule has 0 aromatic heterocycles. The average Bonchev–Trinajstić information content (AvgIpc) is 3.09. The Morgan fingerprint density at radius 3 is 1.97 bits per heavy atom. The number of carbonyl (C=O) groups is 2. The van der Waals surface area contributed by atoms with Gasteiger partial charge in [-0.2, -0.15) is 0 Å². The minimum absolute atomic E-state index is 0.0689. The molecule has 3 aromatic rings. The molecule has 1 atom stereocenters. The van der Waals surface area contributed by atoms with Crippen molar-refractivity contribution >= 4 is 52.1 Å². The first-order chi connectivity index (χ1) is 17.5. The van der Waals surface area contributed by atoms with E-state index in [9.17, 15) is 35.9 Å². The highest BCUT2D eigenvalue weighted by Crippen LogP contribution is 2.31. The second-order valence-electron chi connectivity index (χ2n) is 7.88. The number of hydrogen-bond acceptors (Lipinski definition) is 3. The molecular weight excluding hydrogens is 544 g/mol. The molecule has 192 valence electrons. The first kappa shape index (κ1) is 26.4. The van der Waals surface area contributed by atoms with E-state index in [-0.39, 0.29) is 10.8 Å². The molecule has 1 unspecified atom stereocenters. The number of nitrogens with zero attached hydrogens (tertiary/aromatic N) is 2. The van der Waals surface area contributed by atoms with Crippen LogP contribution in [0.5, 0.6) is 0 Å². The predicted molar refractivity (Wildman–Crippen MR) is 127 cm³/mol. The van der Waals surface area contributed by atoms with Gasteiger partial charge in [0.25, 0.3) is 5.91 Å². The zero-order valence-corrected chi connectivity index (χ0v) is 19.9. The molecule has 1 aliphatic rings. The van der Waals surface area contributed by atoms with Gasteiger partial charge in [0.1, 0.15) is 11.9 Å². The fourth-order valence-electron chi connectivity index (χ4n) is 3.72. The van der Waals surface area contributed by atoms with E-state index < -0.39 is 71.3 Å². The third kappa shape index (κ3) is 5.12. The van der Waals surface area contributed by atoms with Crippen molar-refractivity contribution < 1.29 is 35.9 Å². The lowest BCUT2D eigenvalue weighted by Gasteiger charge is -2.24. The van der Waals surface area contributed by atoms with Crippen molar-refractivity contribution in [2.45, 2.75) is 19.0 Å². The largest absolute Gasteiger partial charge is 0.331 e. The normalized spacial score (nSPS) is 15.5. The molecule has 1 fully saturated rings. The topological polar surface area (TPSA) is 52.7 Å². The summed E-state index contributed by atoms with van der Waals surface area (Å²) >= 11 is 11.1. The van der Waals surface area contributed by atoms with Gasteiger partial charge in [0, 0.05) is 16.3 Å². The minimum atomic E-state index is -2.34. The van der Waals surface area contributed by atoms with Crippen molar-refractivity contribution in [3.63, 3.8) is 0 Å². The van der Waals surface area contributed by atoms with Crippen molar-refractivity contribution in [2.75, 3.05) is 10.2 Å². The molecule has 0 saturated carbocycles. The molecule has 4 rings (SSSR count). The number of carbonyl (C=O) groups excluding carboxylic acids is 2. The second kappa shape index (κ2) is 10.4. The maximum Gasteiger partial charge on any atom is 0.256 e. The summed E-state index contributed by atoms with van der Waals surface area (Å²) in [5.41, 5.74) is -0.848. The summed E-state index contributed by atoms with van der Waals surface area (Å²) in [6, 6.07) is 8.94. The van der Waals surface area contributed by atoms with Crippen LogP contribution in [0.15, 0.2) is 48.5 Å². The van der Waals surface area contributed by atoms with Crippen LogP contribution >= 0.6 is 23.8 Å². The Labute approximate surface area is 216 Å². The molecule has 0 radical (unpaired) electrons. The molecule has 0 aliphatic carbocycles. The zero-order chi connectivity index (χ0) is 27.0. The molecule has 3 aromatic carbocycles. The van der Waals surface area contributed by atoms with Crippen molar-refractivity contribution in [1.82, 2.24) is 4.90 Å². The third-order valence-corrected chi connectivity index (χ3v) is 6.21. The summed E-state index contributed by atoms with van der Waals surface area (Å²) in [4.78, 5) is 27.8. The fourth-order valence-corrected chi connectivity index (χ4v) is 4.24. The molecule has 1 saturated heterocycles. The molecule has 1 N–H and O–H groups in total. The molecule has 5 nitrogen and oxygen atoms in total. The maximum absolute atomic E-state index is 14.4. The third-order valence-electron chi connectivity index (χ3n) is 5.54. The molecule has 2 amide bonds. The molecule has 0 spiro atoms. The number of anilines is 2. The minimum Gasteiger partial charge on any atom is -0.331 e. The number of benzene rings is 3. The van der Waals surface area contributed by atoms with Crippen LogP contribution in [0.4, 0.5) is 37.7 Å². The Hall–Kier alpha value is -3.64. The zero-order valence-electron chi connectivity index (χ0n) is 18.4. The lowest BCUT2D eigenvalue weighted by atomic mass is 10.1. The van der Waals surface area contributed by atoms with Crippen LogP contribution in [0.2, 0.25) is 5.02 Å². The summed E-state index contributed by atoms with van der Waals surface area (Å²) in [6.07, 6.45) is -0.602. The van der Waals surface area contributed by atoms with Crippen LogP contribution in [0.3, 0.4) is 0 Å². The second-order valence-corrected chi connectivity index (χ2v) is 8.69. The van der Waals surface area contributed by atoms with Gasteiger partial charge in [-0.1, -0.05) is 11.6 Å². The molecule has 1 heterocycles. The number of halogens is 7. The number of rotatable bonds is 6. The van der Waals surface area contributed by atoms with Crippen LogP contribution in [0.1, 0.15) is 12.0 Å². The Morgan fingerprint density at radius 2 is 1.41 bits per heavy atom. The fraction of sp³-hybridized carbons (Fsp3) is 0.125. The van der Waals surface area contributed by atoms with E-state index in [2.05, 4.69) is 5.32 Å². The highest BCUT2D eigenvalue weighted by Gasteiger charge is 2.45. The highest BCUT2D eigenvalue weighted by atomic mass is 35.5. The van der Waals surface area contributed by atoms with Gasteiger partial charge < -0.3 is 10.2 Å². The van der Waals surface area contributed by atoms with Crippen LogP contribution in [0.25, 0.3) is 0 Å². The number of nitrogens with one attached hydrogen (secondary N) is 1. The van der Waals surface area contributed by atoms with E-state index in [0.29, 0.717) is 10.7 Å². The Bertz CT molecular complexity index is 1380. The molecular formula is C24H14ClF6N3O2S. The number of hydrogen-bond donors (Lipinski definition) is 1. The predicted octanol–water partition coefficient (Wildman–Crippen LogP) is 5.71. The quantitative estimate of drug-likeness (QED) is 0.183. The van der Waals surface area contributed by atoms with E-state index in [0.717, 1.165) is 21.9 Å². The van der Waals surface area contributed by atoms with E-state index in [1.54, 1.807) is 0 Å². The SMILES string of the molecule is O=C(CC1C(=O)N(c2ccc(F)cc2)C(=S)N1Cc1c(F)c(F)c(F)c(F)c1F)Nc1ccc(Cl)cc1. The van der Waals surface area contributed by atoms with Crippen molar-refractivity contribution in [2.24, 2.45) is 0 Å². The van der Waals surface area contributed by atoms with E-state index in [1.807, 2.05) is 0 Å². The van der Waals surface area contributed by atoms with Gasteiger partial charge in [0.05, 0.1) is 18.7 Å². The summed E-state index contributed by atoms with van der Waals surface area (Å²) < 4.78 is 83.4. The molecule has 0 bridgehead atoms. The van der Waals surface area contributed by atoms with E-state index >= 15 is 0 Å². The maximum atomic E-state index is 14.4. The summed E-state index contributed by atoms with van der Waals surface area (Å²) in [5, 5.41) is 2.54. The lowest BCUT2D eigenvalue weighted by molar-refractivity contribution is -0.124. The van der Waals surface area contributed by atoms with Gasteiger partial charge in [-0.3, -0.25) is 14.5 Å². The average molecular weight is 558 g/mol. The van der Waals surface area contributed by atoms with Gasteiger partial charge in [-0.15, -0.1) is 0 Å². The van der Waals surface area contributed by atoms with Crippen molar-refractivity contribution in [3.8, 4) is 0 Å². The van der Waals surface area contributed by atoms with Crippen molar-refractivity contribution in [3.05, 3.63) is 94.0 Å². The first-order valence-electron chi connectivity index (χ1n) is 10.5. The first-order valence-corrected chi connectivity index (χ1v) is 11.2. The summed E-state index contributed by atoms with van der Waals surface area (Å²) in [5.74, 6) is -13.1.